The summed E-state index contributed by atoms with van der Waals surface area (Å²) in [5.74, 6) is 0.0150. The van der Waals surface area contributed by atoms with E-state index >= 15 is 0 Å². The van der Waals surface area contributed by atoms with Gasteiger partial charge in [0.05, 0.1) is 23.9 Å². The Morgan fingerprint density at radius 1 is 1.11 bits per heavy atom. The van der Waals surface area contributed by atoms with E-state index in [1.807, 2.05) is 38.1 Å². The van der Waals surface area contributed by atoms with Crippen molar-refractivity contribution in [1.29, 1.82) is 0 Å². The van der Waals surface area contributed by atoms with E-state index in [0.29, 0.717) is 42.3 Å². The SMILES string of the molecule is CCN1CCCC1CNC(=O)Cc1ccc(-c2ccc3c(=O)c(CC(=O)NC)c(N)n(CC)c3n2)c(C)c1. The molecule has 1 aliphatic rings. The van der Waals surface area contributed by atoms with E-state index in [1.165, 1.54) is 13.5 Å². The summed E-state index contributed by atoms with van der Waals surface area (Å²) in [6, 6.07) is 9.95. The van der Waals surface area contributed by atoms with E-state index in [4.69, 9.17) is 10.7 Å². The Balaban J connectivity index is 1.56. The van der Waals surface area contributed by atoms with Crippen molar-refractivity contribution in [2.75, 3.05) is 32.4 Å². The first-order valence-electron chi connectivity index (χ1n) is 13.4. The zero-order valence-electron chi connectivity index (χ0n) is 22.8. The van der Waals surface area contributed by atoms with Crippen LogP contribution in [-0.2, 0) is 29.0 Å². The Morgan fingerprint density at radius 3 is 2.58 bits per heavy atom. The highest BCUT2D eigenvalue weighted by atomic mass is 16.2. The van der Waals surface area contributed by atoms with Crippen molar-refractivity contribution in [1.82, 2.24) is 25.1 Å². The summed E-state index contributed by atoms with van der Waals surface area (Å²) < 4.78 is 1.77. The molecule has 0 saturated carbocycles. The van der Waals surface area contributed by atoms with Crippen LogP contribution in [-0.4, -0.2) is 59.0 Å². The van der Waals surface area contributed by atoms with Crippen molar-refractivity contribution >= 4 is 28.7 Å². The molecule has 0 spiro atoms. The zero-order chi connectivity index (χ0) is 27.4. The summed E-state index contributed by atoms with van der Waals surface area (Å²) in [7, 11) is 1.53. The van der Waals surface area contributed by atoms with Crippen LogP contribution in [0.2, 0.25) is 0 Å². The molecule has 38 heavy (non-hydrogen) atoms. The minimum atomic E-state index is -0.275. The monoisotopic (exact) mass is 518 g/mol. The van der Waals surface area contributed by atoms with Gasteiger partial charge in [0.15, 0.2) is 5.43 Å². The Kier molecular flexibility index (Phi) is 8.46. The second-order valence-corrected chi connectivity index (χ2v) is 9.91. The minimum Gasteiger partial charge on any atom is -0.385 e. The second-order valence-electron chi connectivity index (χ2n) is 9.91. The van der Waals surface area contributed by atoms with Crippen LogP contribution >= 0.6 is 0 Å². The number of anilines is 1. The molecule has 1 saturated heterocycles. The molecule has 2 amide bonds. The smallest absolute Gasteiger partial charge is 0.224 e. The Morgan fingerprint density at radius 2 is 1.89 bits per heavy atom. The number of carbonyl (C=O) groups is 2. The molecular weight excluding hydrogens is 480 g/mol. The number of amides is 2. The lowest BCUT2D eigenvalue weighted by atomic mass is 10.00. The number of likely N-dealkylation sites (N-methyl/N-ethyl adjacent to an activating group) is 2. The number of likely N-dealkylation sites (tertiary alicyclic amines) is 1. The first-order chi connectivity index (χ1) is 18.3. The molecule has 9 heteroatoms. The van der Waals surface area contributed by atoms with Gasteiger partial charge in [-0.3, -0.25) is 19.3 Å². The van der Waals surface area contributed by atoms with Gasteiger partial charge in [-0.25, -0.2) is 4.98 Å². The van der Waals surface area contributed by atoms with Crippen molar-refractivity contribution in [3.05, 3.63) is 57.2 Å². The summed E-state index contributed by atoms with van der Waals surface area (Å²) in [6.45, 7) is 9.40. The maximum Gasteiger partial charge on any atom is 0.224 e. The zero-order valence-corrected chi connectivity index (χ0v) is 22.8. The predicted molar refractivity (Wildman–Crippen MR) is 151 cm³/mol. The standard InChI is InChI=1S/C29H38N6O3/c1-5-34-13-7-8-20(34)17-32-26(37)15-19-9-10-21(18(3)14-19)24-12-11-22-27(38)23(16-25(36)31-4)28(30)35(6-2)29(22)33-24/h9-12,14,20H,5-8,13,15-17,30H2,1-4H3,(H,31,36)(H,32,37). The van der Waals surface area contributed by atoms with Crippen LogP contribution in [0.1, 0.15) is 43.4 Å². The maximum atomic E-state index is 13.1. The number of nitrogen functional groups attached to an aromatic ring is 1. The average Bonchev–Trinajstić information content (AvgIpc) is 3.37. The minimum absolute atomic E-state index is 0.0268. The third-order valence-electron chi connectivity index (χ3n) is 7.55. The number of benzene rings is 1. The van der Waals surface area contributed by atoms with Gasteiger partial charge < -0.3 is 20.9 Å². The third kappa shape index (κ3) is 5.57. The maximum absolute atomic E-state index is 13.1. The number of carbonyl (C=O) groups excluding carboxylic acids is 2. The van der Waals surface area contributed by atoms with Gasteiger partial charge in [-0.05, 0) is 63.0 Å². The number of pyridine rings is 2. The molecule has 3 heterocycles. The van der Waals surface area contributed by atoms with E-state index in [1.54, 1.807) is 10.6 Å². The molecule has 1 aliphatic heterocycles. The first kappa shape index (κ1) is 27.3. The summed E-state index contributed by atoms with van der Waals surface area (Å²) in [4.78, 5) is 45.0. The van der Waals surface area contributed by atoms with Crippen molar-refractivity contribution in [3.8, 4) is 11.3 Å². The van der Waals surface area contributed by atoms with E-state index in [9.17, 15) is 14.4 Å². The fourth-order valence-electron chi connectivity index (χ4n) is 5.42. The molecular formula is C29H38N6O3. The summed E-state index contributed by atoms with van der Waals surface area (Å²) >= 11 is 0. The summed E-state index contributed by atoms with van der Waals surface area (Å²) in [5, 5.41) is 6.08. The van der Waals surface area contributed by atoms with Gasteiger partial charge in [-0.15, -0.1) is 0 Å². The molecule has 0 bridgehead atoms. The second kappa shape index (κ2) is 11.8. The van der Waals surface area contributed by atoms with Gasteiger partial charge in [-0.2, -0.15) is 0 Å². The normalized spacial score (nSPS) is 15.6. The van der Waals surface area contributed by atoms with Crippen LogP contribution in [0.15, 0.2) is 35.1 Å². The van der Waals surface area contributed by atoms with Crippen molar-refractivity contribution in [2.24, 2.45) is 0 Å². The molecule has 1 unspecified atom stereocenters. The van der Waals surface area contributed by atoms with Crippen molar-refractivity contribution in [3.63, 3.8) is 0 Å². The lowest BCUT2D eigenvalue weighted by Crippen LogP contribution is -2.40. The largest absolute Gasteiger partial charge is 0.385 e. The molecule has 3 aromatic rings. The molecule has 202 valence electrons. The van der Waals surface area contributed by atoms with Gasteiger partial charge in [-0.1, -0.05) is 25.1 Å². The Hall–Kier alpha value is -3.72. The number of hydrogen-bond donors (Lipinski definition) is 3. The fraction of sp³-hybridized carbons (Fsp3) is 0.448. The molecule has 4 rings (SSSR count). The fourth-order valence-corrected chi connectivity index (χ4v) is 5.42. The van der Waals surface area contributed by atoms with Crippen LogP contribution in [0, 0.1) is 6.92 Å². The number of fused-ring (bicyclic) bond motifs is 1. The number of rotatable bonds is 9. The van der Waals surface area contributed by atoms with Gasteiger partial charge in [0.2, 0.25) is 11.8 Å². The summed E-state index contributed by atoms with van der Waals surface area (Å²) in [5.41, 5.74) is 10.4. The molecule has 4 N–H and O–H groups in total. The van der Waals surface area contributed by atoms with Crippen LogP contribution in [0.4, 0.5) is 5.82 Å². The first-order valence-corrected chi connectivity index (χ1v) is 13.4. The lowest BCUT2D eigenvalue weighted by molar-refractivity contribution is -0.121. The number of nitrogens with two attached hydrogens (primary N) is 1. The third-order valence-corrected chi connectivity index (χ3v) is 7.55. The molecule has 1 aromatic carbocycles. The summed E-state index contributed by atoms with van der Waals surface area (Å²) in [6.07, 6.45) is 2.57. The molecule has 0 aliphatic carbocycles. The van der Waals surface area contributed by atoms with Crippen LogP contribution in [0.3, 0.4) is 0 Å². The topological polar surface area (TPSA) is 122 Å². The number of nitrogens with zero attached hydrogens (tertiary/aromatic N) is 3. The molecule has 1 fully saturated rings. The van der Waals surface area contributed by atoms with Gasteiger partial charge >= 0.3 is 0 Å². The van der Waals surface area contributed by atoms with Crippen molar-refractivity contribution < 1.29 is 9.59 Å². The molecule has 2 aromatic heterocycles. The van der Waals surface area contributed by atoms with Gasteiger partial charge in [0, 0.05) is 37.3 Å². The predicted octanol–water partition coefficient (Wildman–Crippen LogP) is 2.41. The van der Waals surface area contributed by atoms with Crippen molar-refractivity contribution in [2.45, 2.75) is 59.0 Å². The Labute approximate surface area is 223 Å². The molecule has 0 radical (unpaired) electrons. The van der Waals surface area contributed by atoms with Crippen LogP contribution in [0.25, 0.3) is 22.3 Å². The van der Waals surface area contributed by atoms with E-state index in [-0.39, 0.29) is 35.0 Å². The highest BCUT2D eigenvalue weighted by Crippen LogP contribution is 2.26. The average molecular weight is 519 g/mol. The van der Waals surface area contributed by atoms with E-state index in [0.717, 1.165) is 36.2 Å². The number of nitrogens with one attached hydrogen (secondary N) is 2. The number of hydrogen-bond acceptors (Lipinski definition) is 6. The highest BCUT2D eigenvalue weighted by molar-refractivity contribution is 5.86. The van der Waals surface area contributed by atoms with Gasteiger partial charge in [0.1, 0.15) is 11.5 Å². The number of aromatic nitrogens is 2. The van der Waals surface area contributed by atoms with Crippen LogP contribution < -0.4 is 21.8 Å². The van der Waals surface area contributed by atoms with Gasteiger partial charge in [0.25, 0.3) is 0 Å². The van der Waals surface area contributed by atoms with E-state index < -0.39 is 0 Å². The Bertz CT molecular complexity index is 1410. The molecule has 1 atom stereocenters. The highest BCUT2D eigenvalue weighted by Gasteiger charge is 2.23. The molecule has 9 nitrogen and oxygen atoms in total. The lowest BCUT2D eigenvalue weighted by Gasteiger charge is -2.22. The van der Waals surface area contributed by atoms with Crippen LogP contribution in [0.5, 0.6) is 0 Å². The van der Waals surface area contributed by atoms with E-state index in [2.05, 4.69) is 22.5 Å². The quantitative estimate of drug-likeness (QED) is 0.400. The number of aryl methyl sites for hydroxylation is 2.